The number of amides is 2. The predicted octanol–water partition coefficient (Wildman–Crippen LogP) is 1.35. The molecule has 0 saturated carbocycles. The highest BCUT2D eigenvalue weighted by Gasteiger charge is 2.26. The third-order valence-electron chi connectivity index (χ3n) is 2.14. The molecule has 0 aromatic heterocycles. The van der Waals surface area contributed by atoms with Crippen molar-refractivity contribution in [2.75, 3.05) is 24.2 Å². The molecule has 0 aliphatic carbocycles. The van der Waals surface area contributed by atoms with Crippen LogP contribution in [-0.2, 0) is 9.59 Å². The van der Waals surface area contributed by atoms with Crippen LogP contribution in [-0.4, -0.2) is 36.8 Å². The lowest BCUT2D eigenvalue weighted by molar-refractivity contribution is -0.127. The Morgan fingerprint density at radius 2 is 1.90 bits per heavy atom. The second-order valence-electron chi connectivity index (χ2n) is 4.02. The van der Waals surface area contributed by atoms with E-state index in [2.05, 4.69) is 5.32 Å². The lowest BCUT2D eigenvalue weighted by Crippen LogP contribution is -2.35. The number of nitrogens with one attached hydrogen (secondary N) is 2. The van der Waals surface area contributed by atoms with E-state index in [1.165, 1.54) is 0 Å². The Balaban J connectivity index is 2.53. The Morgan fingerprint density at radius 3 is 2.52 bits per heavy atom. The minimum absolute atomic E-state index is 0.0409. The van der Waals surface area contributed by atoms with Gasteiger partial charge in [0.1, 0.15) is 0 Å². The molecule has 0 unspecified atom stereocenters. The van der Waals surface area contributed by atoms with Gasteiger partial charge < -0.3 is 16.4 Å². The largest absolute Gasteiger partial charge is 0.401 e. The van der Waals surface area contributed by atoms with Crippen molar-refractivity contribution in [2.24, 2.45) is 5.73 Å². The smallest absolute Gasteiger partial charge is 0.369 e. The zero-order valence-corrected chi connectivity index (χ0v) is 11.7. The number of thioether (sulfide) groups is 1. The monoisotopic (exact) mass is 321 g/mol. The SMILES string of the molecule is NC(=O)CSc1ccccc1NC(=O)CNCC(F)(F)F. The van der Waals surface area contributed by atoms with E-state index in [1.807, 2.05) is 5.32 Å². The number of para-hydroxylation sites is 1. The van der Waals surface area contributed by atoms with E-state index in [0.717, 1.165) is 11.8 Å². The van der Waals surface area contributed by atoms with Gasteiger partial charge in [0.05, 0.1) is 24.5 Å². The van der Waals surface area contributed by atoms with Gasteiger partial charge in [0, 0.05) is 4.90 Å². The van der Waals surface area contributed by atoms with Gasteiger partial charge in [0.15, 0.2) is 0 Å². The zero-order valence-electron chi connectivity index (χ0n) is 10.9. The van der Waals surface area contributed by atoms with E-state index in [1.54, 1.807) is 24.3 Å². The summed E-state index contributed by atoms with van der Waals surface area (Å²) in [6.07, 6.45) is -4.37. The van der Waals surface area contributed by atoms with Gasteiger partial charge in [-0.05, 0) is 12.1 Å². The van der Waals surface area contributed by atoms with E-state index in [4.69, 9.17) is 5.73 Å². The Bertz CT molecular complexity index is 509. The van der Waals surface area contributed by atoms with Crippen LogP contribution < -0.4 is 16.4 Å². The molecule has 21 heavy (non-hydrogen) atoms. The molecule has 0 aliphatic heterocycles. The normalized spacial score (nSPS) is 11.2. The summed E-state index contributed by atoms with van der Waals surface area (Å²) < 4.78 is 35.8. The summed E-state index contributed by atoms with van der Waals surface area (Å²) in [5.41, 5.74) is 5.45. The highest BCUT2D eigenvalue weighted by molar-refractivity contribution is 8.00. The number of alkyl halides is 3. The van der Waals surface area contributed by atoms with Gasteiger partial charge in [-0.25, -0.2) is 0 Å². The van der Waals surface area contributed by atoms with Crippen LogP contribution in [0.2, 0.25) is 0 Å². The van der Waals surface area contributed by atoms with Crippen molar-refractivity contribution in [2.45, 2.75) is 11.1 Å². The molecule has 0 fully saturated rings. The fourth-order valence-corrected chi connectivity index (χ4v) is 2.10. The lowest BCUT2D eigenvalue weighted by atomic mass is 10.3. The van der Waals surface area contributed by atoms with Crippen molar-refractivity contribution in [3.63, 3.8) is 0 Å². The highest BCUT2D eigenvalue weighted by Crippen LogP contribution is 2.26. The first kappa shape index (κ1) is 17.3. The topological polar surface area (TPSA) is 84.2 Å². The molecule has 0 saturated heterocycles. The van der Waals surface area contributed by atoms with Gasteiger partial charge in [0.2, 0.25) is 11.8 Å². The Labute approximate surface area is 123 Å². The van der Waals surface area contributed by atoms with Crippen molar-refractivity contribution < 1.29 is 22.8 Å². The van der Waals surface area contributed by atoms with Gasteiger partial charge in [-0.1, -0.05) is 12.1 Å². The number of hydrogen-bond acceptors (Lipinski definition) is 4. The minimum atomic E-state index is -4.37. The molecule has 0 heterocycles. The number of primary amides is 1. The number of hydrogen-bond donors (Lipinski definition) is 3. The molecular formula is C12H14F3N3O2S. The van der Waals surface area contributed by atoms with Gasteiger partial charge in [-0.2, -0.15) is 13.2 Å². The van der Waals surface area contributed by atoms with Crippen LogP contribution in [0.3, 0.4) is 0 Å². The molecule has 5 nitrogen and oxygen atoms in total. The maximum absolute atomic E-state index is 11.9. The Morgan fingerprint density at radius 1 is 1.24 bits per heavy atom. The minimum Gasteiger partial charge on any atom is -0.369 e. The fourth-order valence-electron chi connectivity index (χ4n) is 1.36. The first-order chi connectivity index (χ1) is 9.78. The first-order valence-corrected chi connectivity index (χ1v) is 6.84. The van der Waals surface area contributed by atoms with Crippen LogP contribution in [0.15, 0.2) is 29.2 Å². The molecule has 0 aliphatic rings. The molecule has 4 N–H and O–H groups in total. The van der Waals surface area contributed by atoms with Crippen LogP contribution in [0.1, 0.15) is 0 Å². The van der Waals surface area contributed by atoms with E-state index in [0.29, 0.717) is 10.6 Å². The maximum atomic E-state index is 11.9. The number of anilines is 1. The molecule has 0 spiro atoms. The van der Waals surface area contributed by atoms with Crippen LogP contribution >= 0.6 is 11.8 Å². The van der Waals surface area contributed by atoms with Crippen LogP contribution in [0.25, 0.3) is 0 Å². The molecule has 0 atom stereocenters. The molecule has 1 aromatic rings. The van der Waals surface area contributed by atoms with Crippen molar-refractivity contribution in [3.05, 3.63) is 24.3 Å². The summed E-state index contributed by atoms with van der Waals surface area (Å²) in [6.45, 7) is -1.70. The number of halogens is 3. The second-order valence-corrected chi connectivity index (χ2v) is 5.04. The summed E-state index contributed by atoms with van der Waals surface area (Å²) in [4.78, 5) is 22.9. The number of carbonyl (C=O) groups is 2. The summed E-state index contributed by atoms with van der Waals surface area (Å²) in [6, 6.07) is 6.63. The number of nitrogens with two attached hydrogens (primary N) is 1. The van der Waals surface area contributed by atoms with Gasteiger partial charge >= 0.3 is 6.18 Å². The summed E-state index contributed by atoms with van der Waals surface area (Å²) in [7, 11) is 0. The van der Waals surface area contributed by atoms with E-state index in [-0.39, 0.29) is 5.75 Å². The summed E-state index contributed by atoms with van der Waals surface area (Å²) in [5.74, 6) is -1.07. The highest BCUT2D eigenvalue weighted by atomic mass is 32.2. The lowest BCUT2D eigenvalue weighted by Gasteiger charge is -2.11. The van der Waals surface area contributed by atoms with Gasteiger partial charge in [0.25, 0.3) is 0 Å². The standard InChI is InChI=1S/C12H14F3N3O2S/c13-12(14,15)7-17-5-11(20)18-8-3-1-2-4-9(8)21-6-10(16)19/h1-4,17H,5-7H2,(H2,16,19)(H,18,20). The van der Waals surface area contributed by atoms with Crippen molar-refractivity contribution in [1.29, 1.82) is 0 Å². The van der Waals surface area contributed by atoms with Crippen LogP contribution in [0, 0.1) is 0 Å². The molecular weight excluding hydrogens is 307 g/mol. The number of rotatable bonds is 7. The average Bonchev–Trinajstić information content (AvgIpc) is 2.36. The van der Waals surface area contributed by atoms with Crippen LogP contribution in [0.5, 0.6) is 0 Å². The quantitative estimate of drug-likeness (QED) is 0.662. The maximum Gasteiger partial charge on any atom is 0.401 e. The Kier molecular flexibility index (Phi) is 6.50. The average molecular weight is 321 g/mol. The predicted molar refractivity (Wildman–Crippen MR) is 73.9 cm³/mol. The van der Waals surface area contributed by atoms with Gasteiger partial charge in [-0.15, -0.1) is 11.8 Å². The zero-order chi connectivity index (χ0) is 15.9. The first-order valence-electron chi connectivity index (χ1n) is 5.85. The van der Waals surface area contributed by atoms with Crippen molar-refractivity contribution >= 4 is 29.3 Å². The van der Waals surface area contributed by atoms with Gasteiger partial charge in [-0.3, -0.25) is 9.59 Å². The fraction of sp³-hybridized carbons (Fsp3) is 0.333. The van der Waals surface area contributed by atoms with Crippen molar-refractivity contribution in [1.82, 2.24) is 5.32 Å². The molecule has 1 aromatic carbocycles. The second kappa shape index (κ2) is 7.89. The molecule has 116 valence electrons. The van der Waals surface area contributed by atoms with E-state index < -0.39 is 31.1 Å². The molecule has 0 bridgehead atoms. The van der Waals surface area contributed by atoms with Crippen LogP contribution in [0.4, 0.5) is 18.9 Å². The molecule has 1 rings (SSSR count). The third kappa shape index (κ3) is 7.57. The van der Waals surface area contributed by atoms with E-state index >= 15 is 0 Å². The summed E-state index contributed by atoms with van der Waals surface area (Å²) >= 11 is 1.14. The summed E-state index contributed by atoms with van der Waals surface area (Å²) in [5, 5.41) is 4.48. The molecule has 0 radical (unpaired) electrons. The van der Waals surface area contributed by atoms with Crippen molar-refractivity contribution in [3.8, 4) is 0 Å². The number of benzene rings is 1. The third-order valence-corrected chi connectivity index (χ3v) is 3.24. The Hall–Kier alpha value is -1.74. The molecule has 2 amide bonds. The van der Waals surface area contributed by atoms with E-state index in [9.17, 15) is 22.8 Å². The number of carbonyl (C=O) groups excluding carboxylic acids is 2. The molecule has 9 heteroatoms.